The molecule has 22 heavy (non-hydrogen) atoms. The molecule has 0 spiro atoms. The first-order chi connectivity index (χ1) is 10.7. The molecule has 4 nitrogen and oxygen atoms in total. The fraction of sp³-hybridized carbons (Fsp3) is 0.222. The molecule has 1 atom stereocenters. The normalized spacial score (nSPS) is 14.6. The number of anilines is 1. The summed E-state index contributed by atoms with van der Waals surface area (Å²) in [4.78, 5) is 26.7. The summed E-state index contributed by atoms with van der Waals surface area (Å²) < 4.78 is 0. The van der Waals surface area contributed by atoms with Crippen LogP contribution in [0.1, 0.15) is 29.3 Å². The summed E-state index contributed by atoms with van der Waals surface area (Å²) >= 11 is 0. The lowest BCUT2D eigenvalue weighted by Crippen LogP contribution is -2.43. The predicted molar refractivity (Wildman–Crippen MR) is 85.5 cm³/mol. The van der Waals surface area contributed by atoms with E-state index in [0.717, 1.165) is 11.3 Å². The van der Waals surface area contributed by atoms with Gasteiger partial charge < -0.3 is 10.2 Å². The van der Waals surface area contributed by atoms with Gasteiger partial charge >= 0.3 is 0 Å². The zero-order valence-electron chi connectivity index (χ0n) is 12.5. The molecule has 1 N–H and O–H groups in total. The Morgan fingerprint density at radius 2 is 1.82 bits per heavy atom. The van der Waals surface area contributed by atoms with Crippen molar-refractivity contribution in [3.63, 3.8) is 0 Å². The van der Waals surface area contributed by atoms with Crippen LogP contribution in [0.25, 0.3) is 0 Å². The molecule has 0 unspecified atom stereocenters. The van der Waals surface area contributed by atoms with Crippen molar-refractivity contribution in [3.05, 3.63) is 65.7 Å². The number of para-hydroxylation sites is 1. The number of hydrogen-bond acceptors (Lipinski definition) is 2. The standard InChI is InChI=1S/C18H18N2O2/c1-2-16(17(21)19-14-9-4-3-5-10-14)20-12-13-8-6-7-11-15(13)18(20)22/h3-11,16H,2,12H2,1H3,(H,19,21)/t16-/m1/s1. The Bertz CT molecular complexity index is 697. The molecule has 0 saturated heterocycles. The van der Waals surface area contributed by atoms with Crippen molar-refractivity contribution in [3.8, 4) is 0 Å². The number of carbonyl (C=O) groups is 2. The lowest BCUT2D eigenvalue weighted by atomic mass is 10.1. The van der Waals surface area contributed by atoms with Crippen LogP contribution in [0.4, 0.5) is 5.69 Å². The maximum atomic E-state index is 12.5. The van der Waals surface area contributed by atoms with E-state index in [1.54, 1.807) is 4.90 Å². The van der Waals surface area contributed by atoms with Gasteiger partial charge in [0.25, 0.3) is 5.91 Å². The zero-order valence-corrected chi connectivity index (χ0v) is 12.5. The molecule has 112 valence electrons. The van der Waals surface area contributed by atoms with Gasteiger partial charge in [0.1, 0.15) is 6.04 Å². The van der Waals surface area contributed by atoms with Crippen molar-refractivity contribution in [1.82, 2.24) is 4.90 Å². The van der Waals surface area contributed by atoms with Crippen LogP contribution in [0, 0.1) is 0 Å². The minimum atomic E-state index is -0.458. The summed E-state index contributed by atoms with van der Waals surface area (Å²) in [5, 5.41) is 2.88. The van der Waals surface area contributed by atoms with E-state index >= 15 is 0 Å². The second kappa shape index (κ2) is 6.02. The fourth-order valence-electron chi connectivity index (χ4n) is 2.82. The van der Waals surface area contributed by atoms with Crippen molar-refractivity contribution in [2.45, 2.75) is 25.9 Å². The van der Waals surface area contributed by atoms with Gasteiger partial charge in [-0.25, -0.2) is 0 Å². The molecular weight excluding hydrogens is 276 g/mol. The van der Waals surface area contributed by atoms with E-state index in [0.29, 0.717) is 18.5 Å². The number of carbonyl (C=O) groups excluding carboxylic acids is 2. The first-order valence-corrected chi connectivity index (χ1v) is 7.45. The summed E-state index contributed by atoms with van der Waals surface area (Å²) in [6.07, 6.45) is 0.582. The minimum Gasteiger partial charge on any atom is -0.324 e. The van der Waals surface area contributed by atoms with E-state index in [4.69, 9.17) is 0 Å². The van der Waals surface area contributed by atoms with Crippen LogP contribution in [-0.2, 0) is 11.3 Å². The van der Waals surface area contributed by atoms with Crippen LogP contribution >= 0.6 is 0 Å². The lowest BCUT2D eigenvalue weighted by molar-refractivity contribution is -0.120. The Kier molecular flexibility index (Phi) is 3.92. The maximum Gasteiger partial charge on any atom is 0.255 e. The summed E-state index contributed by atoms with van der Waals surface area (Å²) in [6.45, 7) is 2.42. The first-order valence-electron chi connectivity index (χ1n) is 7.45. The molecule has 4 heteroatoms. The zero-order chi connectivity index (χ0) is 15.5. The molecule has 3 rings (SSSR count). The number of benzene rings is 2. The molecule has 0 radical (unpaired) electrons. The van der Waals surface area contributed by atoms with Crippen molar-refractivity contribution in [2.75, 3.05) is 5.32 Å². The van der Waals surface area contributed by atoms with Crippen molar-refractivity contribution in [2.24, 2.45) is 0 Å². The van der Waals surface area contributed by atoms with Crippen LogP contribution in [-0.4, -0.2) is 22.8 Å². The van der Waals surface area contributed by atoms with E-state index in [2.05, 4.69) is 5.32 Å². The average molecular weight is 294 g/mol. The maximum absolute atomic E-state index is 12.5. The molecule has 0 fully saturated rings. The monoisotopic (exact) mass is 294 g/mol. The van der Waals surface area contributed by atoms with E-state index in [1.807, 2.05) is 61.5 Å². The predicted octanol–water partition coefficient (Wildman–Crippen LogP) is 3.06. The highest BCUT2D eigenvalue weighted by molar-refractivity contribution is 6.03. The van der Waals surface area contributed by atoms with Gasteiger partial charge in [-0.1, -0.05) is 43.3 Å². The molecule has 0 aliphatic carbocycles. The summed E-state index contributed by atoms with van der Waals surface area (Å²) in [5.74, 6) is -0.208. The van der Waals surface area contributed by atoms with E-state index < -0.39 is 6.04 Å². The Balaban J connectivity index is 1.78. The van der Waals surface area contributed by atoms with Gasteiger partial charge in [-0.2, -0.15) is 0 Å². The SMILES string of the molecule is CC[C@H](C(=O)Nc1ccccc1)N1Cc2ccccc2C1=O. The van der Waals surface area contributed by atoms with Crippen molar-refractivity contribution in [1.29, 1.82) is 0 Å². The number of fused-ring (bicyclic) bond motifs is 1. The van der Waals surface area contributed by atoms with Crippen LogP contribution < -0.4 is 5.32 Å². The van der Waals surface area contributed by atoms with Gasteiger partial charge in [-0.15, -0.1) is 0 Å². The topological polar surface area (TPSA) is 49.4 Å². The number of hydrogen-bond donors (Lipinski definition) is 1. The molecule has 0 aromatic heterocycles. The lowest BCUT2D eigenvalue weighted by Gasteiger charge is -2.25. The fourth-order valence-corrected chi connectivity index (χ4v) is 2.82. The van der Waals surface area contributed by atoms with Crippen molar-refractivity contribution < 1.29 is 9.59 Å². The summed E-state index contributed by atoms with van der Waals surface area (Å²) in [6, 6.07) is 16.4. The quantitative estimate of drug-likeness (QED) is 0.942. The van der Waals surface area contributed by atoms with Gasteiger partial charge in [0.05, 0.1) is 0 Å². The summed E-state index contributed by atoms with van der Waals surface area (Å²) in [5.41, 5.74) is 2.43. The highest BCUT2D eigenvalue weighted by Crippen LogP contribution is 2.25. The molecule has 0 bridgehead atoms. The molecule has 0 saturated carbocycles. The van der Waals surface area contributed by atoms with E-state index in [9.17, 15) is 9.59 Å². The van der Waals surface area contributed by atoms with Gasteiger partial charge in [0.2, 0.25) is 5.91 Å². The molecule has 2 amide bonds. The van der Waals surface area contributed by atoms with Gasteiger partial charge in [-0.3, -0.25) is 9.59 Å². The average Bonchev–Trinajstić information content (AvgIpc) is 2.87. The molecular formula is C18H18N2O2. The highest BCUT2D eigenvalue weighted by atomic mass is 16.2. The third kappa shape index (κ3) is 2.60. The minimum absolute atomic E-state index is 0.0642. The highest BCUT2D eigenvalue weighted by Gasteiger charge is 2.35. The van der Waals surface area contributed by atoms with E-state index in [1.165, 1.54) is 0 Å². The van der Waals surface area contributed by atoms with Crippen LogP contribution in [0.15, 0.2) is 54.6 Å². The van der Waals surface area contributed by atoms with Crippen LogP contribution in [0.3, 0.4) is 0 Å². The van der Waals surface area contributed by atoms with Crippen LogP contribution in [0.5, 0.6) is 0 Å². The van der Waals surface area contributed by atoms with Crippen molar-refractivity contribution >= 4 is 17.5 Å². The first kappa shape index (κ1) is 14.3. The Morgan fingerprint density at radius 1 is 1.14 bits per heavy atom. The summed E-state index contributed by atoms with van der Waals surface area (Å²) in [7, 11) is 0. The molecule has 2 aromatic rings. The van der Waals surface area contributed by atoms with Crippen LogP contribution in [0.2, 0.25) is 0 Å². The molecule has 1 aliphatic rings. The Labute approximate surface area is 129 Å². The van der Waals surface area contributed by atoms with Gasteiger partial charge in [0.15, 0.2) is 0 Å². The molecule has 1 aliphatic heterocycles. The number of nitrogens with one attached hydrogen (secondary N) is 1. The van der Waals surface area contributed by atoms with E-state index in [-0.39, 0.29) is 11.8 Å². The van der Waals surface area contributed by atoms with Gasteiger partial charge in [0, 0.05) is 17.8 Å². The second-order valence-electron chi connectivity index (χ2n) is 5.37. The second-order valence-corrected chi connectivity index (χ2v) is 5.37. The number of rotatable bonds is 4. The largest absolute Gasteiger partial charge is 0.324 e. The number of amides is 2. The molecule has 1 heterocycles. The third-order valence-corrected chi connectivity index (χ3v) is 3.96. The Hall–Kier alpha value is -2.62. The Morgan fingerprint density at radius 3 is 2.50 bits per heavy atom. The number of nitrogens with zero attached hydrogens (tertiary/aromatic N) is 1. The smallest absolute Gasteiger partial charge is 0.255 e. The van der Waals surface area contributed by atoms with Gasteiger partial charge in [-0.05, 0) is 30.2 Å². The molecule has 2 aromatic carbocycles. The third-order valence-electron chi connectivity index (χ3n) is 3.96.